The van der Waals surface area contributed by atoms with Gasteiger partial charge in [0.15, 0.2) is 0 Å². The van der Waals surface area contributed by atoms with Crippen molar-refractivity contribution in [1.82, 2.24) is 10.6 Å². The average Bonchev–Trinajstić information content (AvgIpc) is 2.41. The Balaban J connectivity index is 3.32. The van der Waals surface area contributed by atoms with Crippen LogP contribution >= 0.6 is 0 Å². The van der Waals surface area contributed by atoms with Gasteiger partial charge in [0.2, 0.25) is 5.91 Å². The molecular weight excluding hydrogens is 242 g/mol. The lowest BCUT2D eigenvalue weighted by molar-refractivity contribution is -0.122. The molecule has 6 heteroatoms. The molecule has 1 atom stereocenters. The second-order valence-corrected chi connectivity index (χ2v) is 4.78. The third kappa shape index (κ3) is 12.1. The topological polar surface area (TPSA) is 119 Å². The van der Waals surface area contributed by atoms with Gasteiger partial charge in [-0.3, -0.25) is 4.79 Å². The zero-order chi connectivity index (χ0) is 14.3. The van der Waals surface area contributed by atoms with Crippen molar-refractivity contribution in [3.05, 3.63) is 0 Å². The number of hydrogen-bond donors (Lipinski definition) is 5. The predicted molar refractivity (Wildman–Crippen MR) is 79.7 cm³/mol. The SMILES string of the molecule is NCCCCNCCCNC(=O)[C@@H](N)CCCCN. The standard InChI is InChI=1S/C13H31N5O/c14-7-2-1-6-12(16)13(19)18-11-5-10-17-9-4-3-8-15/h12,17H,1-11,14-16H2,(H,18,19)/t12-/m0/s1. The van der Waals surface area contributed by atoms with E-state index in [1.807, 2.05) is 0 Å². The Kier molecular flexibility index (Phi) is 13.2. The van der Waals surface area contributed by atoms with Crippen molar-refractivity contribution in [3.8, 4) is 0 Å². The fourth-order valence-corrected chi connectivity index (χ4v) is 1.72. The van der Waals surface area contributed by atoms with Crippen molar-refractivity contribution in [2.75, 3.05) is 32.7 Å². The molecule has 0 heterocycles. The van der Waals surface area contributed by atoms with E-state index in [0.29, 0.717) is 19.5 Å². The quantitative estimate of drug-likeness (QED) is 0.284. The summed E-state index contributed by atoms with van der Waals surface area (Å²) in [5, 5.41) is 6.17. The number of nitrogens with two attached hydrogens (primary N) is 3. The molecule has 0 rings (SSSR count). The highest BCUT2D eigenvalue weighted by Gasteiger charge is 2.11. The number of rotatable bonds is 13. The Morgan fingerprint density at radius 1 is 0.895 bits per heavy atom. The van der Waals surface area contributed by atoms with Crippen LogP contribution in [0.1, 0.15) is 38.5 Å². The van der Waals surface area contributed by atoms with Gasteiger partial charge in [-0.25, -0.2) is 0 Å². The Bertz CT molecular complexity index is 213. The summed E-state index contributed by atoms with van der Waals surface area (Å²) in [5.74, 6) is -0.0554. The summed E-state index contributed by atoms with van der Waals surface area (Å²) in [5.41, 5.74) is 16.6. The Morgan fingerprint density at radius 3 is 2.21 bits per heavy atom. The summed E-state index contributed by atoms with van der Waals surface area (Å²) in [6, 6.07) is -0.399. The summed E-state index contributed by atoms with van der Waals surface area (Å²) in [6.07, 6.45) is 5.63. The van der Waals surface area contributed by atoms with Gasteiger partial charge in [-0.15, -0.1) is 0 Å². The first kappa shape index (κ1) is 18.3. The van der Waals surface area contributed by atoms with Gasteiger partial charge >= 0.3 is 0 Å². The van der Waals surface area contributed by atoms with E-state index in [9.17, 15) is 4.79 Å². The molecule has 0 aliphatic heterocycles. The lowest BCUT2D eigenvalue weighted by Gasteiger charge is -2.12. The van der Waals surface area contributed by atoms with E-state index in [1.165, 1.54) is 0 Å². The Labute approximate surface area is 116 Å². The summed E-state index contributed by atoms with van der Waals surface area (Å²) < 4.78 is 0. The van der Waals surface area contributed by atoms with Gasteiger partial charge in [-0.05, 0) is 58.3 Å². The molecule has 8 N–H and O–H groups in total. The first-order valence-corrected chi connectivity index (χ1v) is 7.36. The number of amides is 1. The van der Waals surface area contributed by atoms with Gasteiger partial charge in [-0.1, -0.05) is 6.42 Å². The van der Waals surface area contributed by atoms with Gasteiger partial charge in [0, 0.05) is 6.54 Å². The minimum atomic E-state index is -0.399. The molecule has 0 aliphatic rings. The minimum absolute atomic E-state index is 0.0554. The van der Waals surface area contributed by atoms with Crippen molar-refractivity contribution in [2.24, 2.45) is 17.2 Å². The fraction of sp³-hybridized carbons (Fsp3) is 0.923. The first-order valence-electron chi connectivity index (χ1n) is 7.36. The van der Waals surface area contributed by atoms with Crippen LogP contribution in [0.4, 0.5) is 0 Å². The van der Waals surface area contributed by atoms with Crippen LogP contribution in [-0.2, 0) is 4.79 Å². The van der Waals surface area contributed by atoms with E-state index >= 15 is 0 Å². The molecule has 0 radical (unpaired) electrons. The molecule has 0 aromatic rings. The monoisotopic (exact) mass is 273 g/mol. The second-order valence-electron chi connectivity index (χ2n) is 4.78. The lowest BCUT2D eigenvalue weighted by atomic mass is 10.1. The predicted octanol–water partition coefficient (Wildman–Crippen LogP) is -0.722. The molecule has 0 unspecified atom stereocenters. The van der Waals surface area contributed by atoms with Crippen LogP contribution in [-0.4, -0.2) is 44.7 Å². The van der Waals surface area contributed by atoms with Gasteiger partial charge in [0.25, 0.3) is 0 Å². The molecule has 0 fully saturated rings. The third-order valence-electron chi connectivity index (χ3n) is 2.94. The smallest absolute Gasteiger partial charge is 0.236 e. The van der Waals surface area contributed by atoms with Crippen molar-refractivity contribution in [2.45, 2.75) is 44.6 Å². The number of unbranched alkanes of at least 4 members (excludes halogenated alkanes) is 2. The van der Waals surface area contributed by atoms with Crippen LogP contribution < -0.4 is 27.8 Å². The molecule has 0 saturated heterocycles. The fourth-order valence-electron chi connectivity index (χ4n) is 1.72. The van der Waals surface area contributed by atoms with Gasteiger partial charge in [0.05, 0.1) is 6.04 Å². The molecule has 6 nitrogen and oxygen atoms in total. The zero-order valence-corrected chi connectivity index (χ0v) is 12.0. The normalized spacial score (nSPS) is 12.4. The second kappa shape index (κ2) is 13.7. The zero-order valence-electron chi connectivity index (χ0n) is 12.0. The maximum atomic E-state index is 11.6. The van der Waals surface area contributed by atoms with E-state index in [4.69, 9.17) is 17.2 Å². The van der Waals surface area contributed by atoms with Crippen LogP contribution in [0.15, 0.2) is 0 Å². The molecule has 0 aliphatic carbocycles. The van der Waals surface area contributed by atoms with Crippen LogP contribution in [0.3, 0.4) is 0 Å². The molecule has 19 heavy (non-hydrogen) atoms. The van der Waals surface area contributed by atoms with Crippen LogP contribution in [0, 0.1) is 0 Å². The van der Waals surface area contributed by atoms with Gasteiger partial charge < -0.3 is 27.8 Å². The van der Waals surface area contributed by atoms with Crippen LogP contribution in [0.2, 0.25) is 0 Å². The third-order valence-corrected chi connectivity index (χ3v) is 2.94. The molecule has 1 amide bonds. The highest BCUT2D eigenvalue weighted by Crippen LogP contribution is 1.97. The Morgan fingerprint density at radius 2 is 1.53 bits per heavy atom. The van der Waals surface area contributed by atoms with E-state index < -0.39 is 6.04 Å². The van der Waals surface area contributed by atoms with Crippen molar-refractivity contribution < 1.29 is 4.79 Å². The van der Waals surface area contributed by atoms with Gasteiger partial charge in [-0.2, -0.15) is 0 Å². The van der Waals surface area contributed by atoms with Crippen molar-refractivity contribution in [3.63, 3.8) is 0 Å². The largest absolute Gasteiger partial charge is 0.355 e. The van der Waals surface area contributed by atoms with E-state index in [2.05, 4.69) is 10.6 Å². The first-order chi connectivity index (χ1) is 9.22. The molecule has 0 saturated carbocycles. The van der Waals surface area contributed by atoms with Crippen LogP contribution in [0.25, 0.3) is 0 Å². The number of carbonyl (C=O) groups excluding carboxylic acids is 1. The van der Waals surface area contributed by atoms with Crippen molar-refractivity contribution >= 4 is 5.91 Å². The van der Waals surface area contributed by atoms with Gasteiger partial charge in [0.1, 0.15) is 0 Å². The summed E-state index contributed by atoms with van der Waals surface area (Å²) in [7, 11) is 0. The van der Waals surface area contributed by atoms with Crippen molar-refractivity contribution in [1.29, 1.82) is 0 Å². The highest BCUT2D eigenvalue weighted by atomic mass is 16.2. The summed E-state index contributed by atoms with van der Waals surface area (Å²) in [4.78, 5) is 11.6. The Hall–Kier alpha value is -0.690. The number of nitrogens with one attached hydrogen (secondary N) is 2. The van der Waals surface area contributed by atoms with E-state index in [1.54, 1.807) is 0 Å². The minimum Gasteiger partial charge on any atom is -0.355 e. The number of carbonyl (C=O) groups is 1. The van der Waals surface area contributed by atoms with E-state index in [0.717, 1.165) is 51.7 Å². The molecule has 114 valence electrons. The summed E-state index contributed by atoms with van der Waals surface area (Å²) >= 11 is 0. The highest BCUT2D eigenvalue weighted by molar-refractivity contribution is 5.81. The summed E-state index contributed by atoms with van der Waals surface area (Å²) in [6.45, 7) is 3.98. The maximum absolute atomic E-state index is 11.6. The molecule has 0 bridgehead atoms. The van der Waals surface area contributed by atoms with E-state index in [-0.39, 0.29) is 5.91 Å². The maximum Gasteiger partial charge on any atom is 0.236 e. The average molecular weight is 273 g/mol. The molecule has 0 aromatic carbocycles. The molecular formula is C13H31N5O. The number of hydrogen-bond acceptors (Lipinski definition) is 5. The molecule has 0 aromatic heterocycles. The van der Waals surface area contributed by atoms with Crippen LogP contribution in [0.5, 0.6) is 0 Å². The molecule has 0 spiro atoms. The lowest BCUT2D eigenvalue weighted by Crippen LogP contribution is -2.41.